The fraction of sp³-hybridized carbons (Fsp3) is 1.00. The minimum atomic E-state index is -1.59. The Morgan fingerprint density at radius 1 is 1.14 bits per heavy atom. The Morgan fingerprint density at radius 3 is 2.36 bits per heavy atom. The summed E-state index contributed by atoms with van der Waals surface area (Å²) in [4.78, 5) is 2.44. The van der Waals surface area contributed by atoms with Crippen molar-refractivity contribution in [1.82, 2.24) is 0 Å². The topological polar surface area (TPSA) is 139 Å². The van der Waals surface area contributed by atoms with E-state index in [9.17, 15) is 10.2 Å². The summed E-state index contributed by atoms with van der Waals surface area (Å²) in [5.74, 6) is 0. The predicted octanol–water partition coefficient (Wildman–Crippen LogP) is -1.90. The maximum atomic E-state index is 9.32. The molecule has 1 rings (SSSR count). The molecule has 0 spiro atoms. The van der Waals surface area contributed by atoms with Crippen LogP contribution >= 0.6 is 0 Å². The van der Waals surface area contributed by atoms with E-state index in [0.29, 0.717) is 0 Å². The van der Waals surface area contributed by atoms with Gasteiger partial charge in [0.05, 0.1) is 12.6 Å². The van der Waals surface area contributed by atoms with E-state index >= 15 is 0 Å². The van der Waals surface area contributed by atoms with E-state index < -0.39 is 30.7 Å². The molecule has 2 unspecified atom stereocenters. The summed E-state index contributed by atoms with van der Waals surface area (Å²) < 4.78 is 4.71. The molecule has 80 valence electrons. The van der Waals surface area contributed by atoms with E-state index in [0.717, 1.165) is 0 Å². The van der Waals surface area contributed by atoms with Crippen LogP contribution in [-0.2, 0) is 4.74 Å². The zero-order chi connectivity index (χ0) is 10.7. The summed E-state index contributed by atoms with van der Waals surface area (Å²) in [6.45, 7) is -0.224. The molecule has 1 heterocycles. The minimum Gasteiger partial charge on any atom is -0.388 e. The van der Waals surface area contributed by atoms with Gasteiger partial charge in [0.15, 0.2) is 6.29 Å². The molecule has 1 fully saturated rings. The molecule has 8 heteroatoms. The molecule has 1 aliphatic heterocycles. The van der Waals surface area contributed by atoms with Gasteiger partial charge < -0.3 is 25.2 Å². The lowest BCUT2D eigenvalue weighted by molar-refractivity contribution is -0.279. The third-order valence-electron chi connectivity index (χ3n) is 2.01. The minimum absolute atomic E-state index is 0.224. The molecule has 1 aliphatic rings. The van der Waals surface area contributed by atoms with Gasteiger partial charge in [-0.3, -0.25) is 0 Å². The van der Waals surface area contributed by atoms with Gasteiger partial charge in [0, 0.05) is 4.91 Å². The van der Waals surface area contributed by atoms with E-state index in [-0.39, 0.29) is 6.54 Å². The molecule has 14 heavy (non-hydrogen) atoms. The quantitative estimate of drug-likeness (QED) is 0.237. The first-order valence-electron chi connectivity index (χ1n) is 3.96. The van der Waals surface area contributed by atoms with Gasteiger partial charge in [0.1, 0.15) is 18.3 Å². The number of hydrogen-bond acceptors (Lipinski definition) is 6. The highest BCUT2D eigenvalue weighted by Gasteiger charge is 2.42. The van der Waals surface area contributed by atoms with Crippen LogP contribution in [0.1, 0.15) is 0 Å². The maximum Gasteiger partial charge on any atom is 0.183 e. The molecular weight excluding hydrogens is 194 g/mol. The summed E-state index contributed by atoms with van der Waals surface area (Å²) in [6, 6.07) is 0. The van der Waals surface area contributed by atoms with Crippen LogP contribution in [0.25, 0.3) is 10.4 Å². The first-order chi connectivity index (χ1) is 6.57. The molecule has 0 aliphatic carbocycles. The van der Waals surface area contributed by atoms with Gasteiger partial charge in [-0.2, -0.15) is 0 Å². The van der Waals surface area contributed by atoms with Crippen LogP contribution in [0.3, 0.4) is 0 Å². The van der Waals surface area contributed by atoms with Gasteiger partial charge in [-0.25, -0.2) is 0 Å². The fourth-order valence-electron chi connectivity index (χ4n) is 1.20. The number of aliphatic hydroxyl groups is 4. The Morgan fingerprint density at radius 2 is 1.79 bits per heavy atom. The van der Waals surface area contributed by atoms with Crippen molar-refractivity contribution in [3.05, 3.63) is 10.4 Å². The molecule has 0 aromatic carbocycles. The fourth-order valence-corrected chi connectivity index (χ4v) is 1.20. The summed E-state index contributed by atoms with van der Waals surface area (Å²) in [7, 11) is 0. The molecule has 0 saturated carbocycles. The molecular formula is C6H11N3O5. The Balaban J connectivity index is 2.64. The number of nitrogens with zero attached hydrogens (tertiary/aromatic N) is 3. The van der Waals surface area contributed by atoms with E-state index in [2.05, 4.69) is 10.0 Å². The van der Waals surface area contributed by atoms with Crippen LogP contribution in [-0.4, -0.2) is 57.7 Å². The second-order valence-corrected chi connectivity index (χ2v) is 2.95. The predicted molar refractivity (Wildman–Crippen MR) is 42.9 cm³/mol. The maximum absolute atomic E-state index is 9.32. The number of hydrogen-bond donors (Lipinski definition) is 4. The van der Waals surface area contributed by atoms with Gasteiger partial charge in [0.25, 0.3) is 0 Å². The molecule has 0 aromatic rings. The highest BCUT2D eigenvalue weighted by atomic mass is 16.6. The van der Waals surface area contributed by atoms with Gasteiger partial charge in [-0.15, -0.1) is 0 Å². The standard InChI is InChI=1S/C6H11N3O5/c7-9-8-1-2-3(10)4(11)5(12)6(13)14-2/h2-6,10-13H,1H2/t2?,3-,4-,5?,6-/m1/s1. The number of aliphatic hydroxyl groups excluding tert-OH is 4. The van der Waals surface area contributed by atoms with E-state index in [4.69, 9.17) is 20.5 Å². The lowest BCUT2D eigenvalue weighted by Crippen LogP contribution is -2.58. The number of ether oxygens (including phenoxy) is 1. The summed E-state index contributed by atoms with van der Waals surface area (Å²) in [6.07, 6.45) is -7.07. The summed E-state index contributed by atoms with van der Waals surface area (Å²) >= 11 is 0. The zero-order valence-electron chi connectivity index (χ0n) is 7.13. The van der Waals surface area contributed by atoms with Gasteiger partial charge in [-0.05, 0) is 5.53 Å². The third-order valence-corrected chi connectivity index (χ3v) is 2.01. The Labute approximate surface area is 79.0 Å². The lowest BCUT2D eigenvalue weighted by atomic mass is 9.99. The second-order valence-electron chi connectivity index (χ2n) is 2.95. The number of azide groups is 1. The smallest absolute Gasteiger partial charge is 0.183 e. The van der Waals surface area contributed by atoms with Crippen molar-refractivity contribution < 1.29 is 25.2 Å². The molecule has 0 radical (unpaired) electrons. The molecule has 0 amide bonds. The Hall–Kier alpha value is -0.890. The van der Waals surface area contributed by atoms with Crippen molar-refractivity contribution in [1.29, 1.82) is 0 Å². The highest BCUT2D eigenvalue weighted by molar-refractivity contribution is 4.89. The molecule has 4 N–H and O–H groups in total. The van der Waals surface area contributed by atoms with Gasteiger partial charge >= 0.3 is 0 Å². The molecule has 0 aromatic heterocycles. The van der Waals surface area contributed by atoms with Crippen molar-refractivity contribution >= 4 is 0 Å². The van der Waals surface area contributed by atoms with E-state index in [1.54, 1.807) is 0 Å². The summed E-state index contributed by atoms with van der Waals surface area (Å²) in [5.41, 5.74) is 8.01. The Bertz CT molecular complexity index is 244. The Kier molecular flexibility index (Phi) is 3.64. The third kappa shape index (κ3) is 2.13. The number of rotatable bonds is 2. The van der Waals surface area contributed by atoms with Crippen LogP contribution in [0.15, 0.2) is 5.11 Å². The summed E-state index contributed by atoms with van der Waals surface area (Å²) in [5, 5.41) is 39.8. The SMILES string of the molecule is [N-]=[N+]=NCC1O[C@@H](O)C(O)[C@H](O)[C@@H]1O. The van der Waals surface area contributed by atoms with Crippen LogP contribution in [0, 0.1) is 0 Å². The van der Waals surface area contributed by atoms with Gasteiger partial charge in [-0.1, -0.05) is 5.11 Å². The van der Waals surface area contributed by atoms with Crippen molar-refractivity contribution in [3.63, 3.8) is 0 Å². The molecule has 0 bridgehead atoms. The van der Waals surface area contributed by atoms with E-state index in [1.165, 1.54) is 0 Å². The largest absolute Gasteiger partial charge is 0.388 e. The first-order valence-corrected chi connectivity index (χ1v) is 3.96. The van der Waals surface area contributed by atoms with Crippen LogP contribution in [0.4, 0.5) is 0 Å². The van der Waals surface area contributed by atoms with Crippen molar-refractivity contribution in [2.24, 2.45) is 5.11 Å². The molecule has 8 nitrogen and oxygen atoms in total. The second kappa shape index (κ2) is 4.56. The highest BCUT2D eigenvalue weighted by Crippen LogP contribution is 2.19. The van der Waals surface area contributed by atoms with Crippen molar-refractivity contribution in [3.8, 4) is 0 Å². The normalized spacial score (nSPS) is 43.0. The lowest BCUT2D eigenvalue weighted by Gasteiger charge is -2.37. The van der Waals surface area contributed by atoms with Crippen LogP contribution in [0.5, 0.6) is 0 Å². The average Bonchev–Trinajstić information content (AvgIpc) is 2.18. The van der Waals surface area contributed by atoms with Gasteiger partial charge in [0.2, 0.25) is 0 Å². The monoisotopic (exact) mass is 205 g/mol. The van der Waals surface area contributed by atoms with Crippen molar-refractivity contribution in [2.75, 3.05) is 6.54 Å². The van der Waals surface area contributed by atoms with E-state index in [1.807, 2.05) is 0 Å². The molecule has 5 atom stereocenters. The van der Waals surface area contributed by atoms with Crippen molar-refractivity contribution in [2.45, 2.75) is 30.7 Å². The van der Waals surface area contributed by atoms with Crippen LogP contribution < -0.4 is 0 Å². The zero-order valence-corrected chi connectivity index (χ0v) is 7.13. The molecule has 1 saturated heterocycles. The van der Waals surface area contributed by atoms with Crippen LogP contribution in [0.2, 0.25) is 0 Å². The first kappa shape index (κ1) is 11.2. The average molecular weight is 205 g/mol.